The van der Waals surface area contributed by atoms with Crippen molar-refractivity contribution in [3.8, 4) is 11.5 Å². The lowest BCUT2D eigenvalue weighted by Gasteiger charge is -2.25. The van der Waals surface area contributed by atoms with Gasteiger partial charge in [-0.1, -0.05) is 30.3 Å². The number of aryl methyl sites for hydroxylation is 1. The number of phenols is 2. The summed E-state index contributed by atoms with van der Waals surface area (Å²) in [6.45, 7) is 2.41. The van der Waals surface area contributed by atoms with E-state index in [-0.39, 0.29) is 23.6 Å². The van der Waals surface area contributed by atoms with E-state index < -0.39 is 11.5 Å². The SMILES string of the molecule is Cc1ccccc1[C@@]1(O)CCN(C(=O)c2c(O)cccc2O)C1. The van der Waals surface area contributed by atoms with Crippen LogP contribution in [0.2, 0.25) is 0 Å². The molecule has 2 aromatic rings. The van der Waals surface area contributed by atoms with Crippen LogP contribution in [0.1, 0.15) is 27.9 Å². The Kier molecular flexibility index (Phi) is 3.74. The van der Waals surface area contributed by atoms with Gasteiger partial charge in [0.25, 0.3) is 5.91 Å². The molecule has 5 nitrogen and oxygen atoms in total. The van der Waals surface area contributed by atoms with Crippen LogP contribution in [-0.2, 0) is 5.60 Å². The van der Waals surface area contributed by atoms with E-state index in [4.69, 9.17) is 0 Å². The molecule has 0 bridgehead atoms. The molecule has 0 aromatic heterocycles. The number of aromatic hydroxyl groups is 2. The van der Waals surface area contributed by atoms with Gasteiger partial charge in [-0.15, -0.1) is 0 Å². The summed E-state index contributed by atoms with van der Waals surface area (Å²) >= 11 is 0. The Morgan fingerprint density at radius 3 is 2.39 bits per heavy atom. The van der Waals surface area contributed by atoms with E-state index in [1.165, 1.54) is 23.1 Å². The Bertz CT molecular complexity index is 738. The van der Waals surface area contributed by atoms with E-state index in [1.54, 1.807) is 0 Å². The van der Waals surface area contributed by atoms with Gasteiger partial charge in [0.15, 0.2) is 0 Å². The first-order valence-electron chi connectivity index (χ1n) is 7.51. The fourth-order valence-electron chi connectivity index (χ4n) is 3.19. The maximum Gasteiger partial charge on any atom is 0.261 e. The highest BCUT2D eigenvalue weighted by Crippen LogP contribution is 2.36. The average Bonchev–Trinajstić information content (AvgIpc) is 2.91. The topological polar surface area (TPSA) is 81.0 Å². The standard InChI is InChI=1S/C18H19NO4/c1-12-5-2-3-6-13(12)18(23)9-10-19(11-18)17(22)16-14(20)7-4-8-15(16)21/h2-8,20-21,23H,9-11H2,1H3/t18-/m1/s1. The molecule has 2 aromatic carbocycles. The van der Waals surface area contributed by atoms with E-state index in [1.807, 2.05) is 31.2 Å². The molecule has 0 saturated carbocycles. The van der Waals surface area contributed by atoms with Crippen LogP contribution in [0.25, 0.3) is 0 Å². The summed E-state index contributed by atoms with van der Waals surface area (Å²) in [6.07, 6.45) is 0.415. The van der Waals surface area contributed by atoms with Crippen LogP contribution in [0, 0.1) is 6.92 Å². The number of rotatable bonds is 2. The van der Waals surface area contributed by atoms with Gasteiger partial charge in [-0.05, 0) is 36.6 Å². The molecule has 1 atom stereocenters. The second-order valence-electron chi connectivity index (χ2n) is 5.99. The number of amides is 1. The first-order valence-corrected chi connectivity index (χ1v) is 7.51. The highest BCUT2D eigenvalue weighted by Gasteiger charge is 2.41. The summed E-state index contributed by atoms with van der Waals surface area (Å²) in [7, 11) is 0. The molecule has 0 spiro atoms. The molecule has 1 saturated heterocycles. The minimum absolute atomic E-state index is 0.124. The number of β-amino-alcohol motifs (C(OH)–C–C–N with tert-alkyl or cyclic N) is 1. The van der Waals surface area contributed by atoms with Crippen molar-refractivity contribution in [2.45, 2.75) is 18.9 Å². The number of likely N-dealkylation sites (tertiary alicyclic amines) is 1. The molecule has 5 heteroatoms. The van der Waals surface area contributed by atoms with Gasteiger partial charge >= 0.3 is 0 Å². The van der Waals surface area contributed by atoms with Crippen LogP contribution in [0.4, 0.5) is 0 Å². The first kappa shape index (κ1) is 15.4. The third kappa shape index (κ3) is 2.64. The van der Waals surface area contributed by atoms with Gasteiger partial charge < -0.3 is 20.2 Å². The van der Waals surface area contributed by atoms with E-state index in [2.05, 4.69) is 0 Å². The highest BCUT2D eigenvalue weighted by molar-refractivity contribution is 5.99. The van der Waals surface area contributed by atoms with Crippen LogP contribution >= 0.6 is 0 Å². The van der Waals surface area contributed by atoms with Gasteiger partial charge in [0, 0.05) is 6.54 Å². The molecule has 1 aliphatic rings. The predicted octanol–water partition coefficient (Wildman–Crippen LogP) is 2.14. The quantitative estimate of drug-likeness (QED) is 0.793. The van der Waals surface area contributed by atoms with Crippen molar-refractivity contribution in [2.24, 2.45) is 0 Å². The van der Waals surface area contributed by atoms with Crippen LogP contribution in [-0.4, -0.2) is 39.2 Å². The summed E-state index contributed by atoms with van der Waals surface area (Å²) in [4.78, 5) is 14.0. The van der Waals surface area contributed by atoms with E-state index in [9.17, 15) is 20.1 Å². The zero-order valence-corrected chi connectivity index (χ0v) is 12.9. The molecule has 1 fully saturated rings. The van der Waals surface area contributed by atoms with Crippen LogP contribution in [0.3, 0.4) is 0 Å². The molecule has 1 amide bonds. The minimum Gasteiger partial charge on any atom is -0.507 e. The van der Waals surface area contributed by atoms with Gasteiger partial charge in [0.2, 0.25) is 0 Å². The Hall–Kier alpha value is -2.53. The number of hydrogen-bond donors (Lipinski definition) is 3. The van der Waals surface area contributed by atoms with E-state index in [0.717, 1.165) is 11.1 Å². The van der Waals surface area contributed by atoms with Gasteiger partial charge in [0.05, 0.1) is 6.54 Å². The molecule has 23 heavy (non-hydrogen) atoms. The first-order chi connectivity index (χ1) is 10.9. The maximum atomic E-state index is 12.6. The number of benzene rings is 2. The van der Waals surface area contributed by atoms with E-state index >= 15 is 0 Å². The average molecular weight is 313 g/mol. The molecule has 1 heterocycles. The van der Waals surface area contributed by atoms with Crippen molar-refractivity contribution in [1.82, 2.24) is 4.90 Å². The number of carbonyl (C=O) groups is 1. The molecule has 0 radical (unpaired) electrons. The summed E-state index contributed by atoms with van der Waals surface area (Å²) in [5.41, 5.74) is 0.536. The summed E-state index contributed by atoms with van der Waals surface area (Å²) < 4.78 is 0. The Morgan fingerprint density at radius 1 is 1.09 bits per heavy atom. The van der Waals surface area contributed by atoms with Crippen molar-refractivity contribution in [3.05, 3.63) is 59.2 Å². The third-order valence-electron chi connectivity index (χ3n) is 4.42. The fourth-order valence-corrected chi connectivity index (χ4v) is 3.19. The lowest BCUT2D eigenvalue weighted by molar-refractivity contribution is 0.0410. The zero-order chi connectivity index (χ0) is 16.6. The number of aliphatic hydroxyl groups is 1. The van der Waals surface area contributed by atoms with Crippen LogP contribution < -0.4 is 0 Å². The lowest BCUT2D eigenvalue weighted by Crippen LogP contribution is -2.34. The minimum atomic E-state index is -1.11. The Labute approximate surface area is 134 Å². The van der Waals surface area contributed by atoms with E-state index in [0.29, 0.717) is 13.0 Å². The molecule has 120 valence electrons. The van der Waals surface area contributed by atoms with Crippen molar-refractivity contribution in [1.29, 1.82) is 0 Å². The molecule has 3 rings (SSSR count). The second kappa shape index (κ2) is 5.59. The second-order valence-corrected chi connectivity index (χ2v) is 5.99. The summed E-state index contributed by atoms with van der Waals surface area (Å²) in [5, 5.41) is 30.6. The van der Waals surface area contributed by atoms with Gasteiger partial charge in [-0.3, -0.25) is 4.79 Å². The van der Waals surface area contributed by atoms with Gasteiger partial charge in [-0.25, -0.2) is 0 Å². The molecule has 0 unspecified atom stereocenters. The number of phenolic OH excluding ortho intramolecular Hbond substituents is 2. The lowest BCUT2D eigenvalue weighted by atomic mass is 9.89. The summed E-state index contributed by atoms with van der Waals surface area (Å²) in [6, 6.07) is 11.7. The van der Waals surface area contributed by atoms with Crippen molar-refractivity contribution >= 4 is 5.91 Å². The zero-order valence-electron chi connectivity index (χ0n) is 12.9. The predicted molar refractivity (Wildman–Crippen MR) is 85.4 cm³/mol. The Balaban J connectivity index is 1.88. The van der Waals surface area contributed by atoms with Gasteiger partial charge in [0.1, 0.15) is 22.7 Å². The van der Waals surface area contributed by atoms with Gasteiger partial charge in [-0.2, -0.15) is 0 Å². The molecule has 0 aliphatic carbocycles. The van der Waals surface area contributed by atoms with Crippen LogP contribution in [0.5, 0.6) is 11.5 Å². The fraction of sp³-hybridized carbons (Fsp3) is 0.278. The molecular formula is C18H19NO4. The normalized spacial score (nSPS) is 20.7. The molecule has 3 N–H and O–H groups in total. The summed E-state index contributed by atoms with van der Waals surface area (Å²) in [5.74, 6) is -1.01. The van der Waals surface area contributed by atoms with Crippen molar-refractivity contribution < 1.29 is 20.1 Å². The highest BCUT2D eigenvalue weighted by atomic mass is 16.3. The smallest absolute Gasteiger partial charge is 0.261 e. The number of nitrogens with zero attached hydrogens (tertiary/aromatic N) is 1. The van der Waals surface area contributed by atoms with Crippen molar-refractivity contribution in [3.63, 3.8) is 0 Å². The number of hydrogen-bond acceptors (Lipinski definition) is 4. The number of carbonyl (C=O) groups excluding carboxylic acids is 1. The van der Waals surface area contributed by atoms with Crippen LogP contribution in [0.15, 0.2) is 42.5 Å². The largest absolute Gasteiger partial charge is 0.507 e. The third-order valence-corrected chi connectivity index (χ3v) is 4.42. The molecular weight excluding hydrogens is 294 g/mol. The van der Waals surface area contributed by atoms with Crippen molar-refractivity contribution in [2.75, 3.05) is 13.1 Å². The Morgan fingerprint density at radius 2 is 1.74 bits per heavy atom. The molecule has 1 aliphatic heterocycles. The maximum absolute atomic E-state index is 12.6. The monoisotopic (exact) mass is 313 g/mol.